The number of ether oxygens (including phenoxy) is 1. The molecule has 0 radical (unpaired) electrons. The van der Waals surface area contributed by atoms with Crippen LogP contribution in [0.1, 0.15) is 28.9 Å². The molecular formula is C20H19F3N2O3. The molecule has 1 heterocycles. The van der Waals surface area contributed by atoms with Crippen LogP contribution in [-0.4, -0.2) is 42.5 Å². The molecule has 0 bridgehead atoms. The second kappa shape index (κ2) is 8.43. The summed E-state index contributed by atoms with van der Waals surface area (Å²) in [6.07, 6.45) is -0.287. The fourth-order valence-corrected chi connectivity index (χ4v) is 3.03. The van der Waals surface area contributed by atoms with Crippen molar-refractivity contribution >= 4 is 11.8 Å². The van der Waals surface area contributed by atoms with Gasteiger partial charge < -0.3 is 15.0 Å². The van der Waals surface area contributed by atoms with Crippen LogP contribution in [0.4, 0.5) is 13.2 Å². The molecule has 0 aromatic heterocycles. The summed E-state index contributed by atoms with van der Waals surface area (Å²) in [5, 5.41) is 2.34. The van der Waals surface area contributed by atoms with E-state index in [4.69, 9.17) is 4.74 Å². The highest BCUT2D eigenvalue weighted by Crippen LogP contribution is 2.22. The Bertz CT molecular complexity index is 876. The summed E-state index contributed by atoms with van der Waals surface area (Å²) in [5.74, 6) is -6.08. The SMILES string of the molecule is C[C@@H](NC(=O)c1ccc(F)c(F)c1F)C(=O)N1CCOC(c2ccccc2)C1. The van der Waals surface area contributed by atoms with Gasteiger partial charge in [-0.3, -0.25) is 9.59 Å². The Kier molecular flexibility index (Phi) is 5.99. The van der Waals surface area contributed by atoms with Crippen molar-refractivity contribution in [1.82, 2.24) is 10.2 Å². The highest BCUT2D eigenvalue weighted by molar-refractivity contribution is 5.97. The average Bonchev–Trinajstić information content (AvgIpc) is 2.72. The molecule has 1 fully saturated rings. The van der Waals surface area contributed by atoms with E-state index in [9.17, 15) is 22.8 Å². The van der Waals surface area contributed by atoms with Crippen molar-refractivity contribution in [3.8, 4) is 0 Å². The summed E-state index contributed by atoms with van der Waals surface area (Å²) < 4.78 is 45.8. The molecular weight excluding hydrogens is 373 g/mol. The van der Waals surface area contributed by atoms with Crippen LogP contribution in [0.5, 0.6) is 0 Å². The van der Waals surface area contributed by atoms with Crippen LogP contribution in [0.3, 0.4) is 0 Å². The Hall–Kier alpha value is -2.87. The molecule has 8 heteroatoms. The molecule has 5 nitrogen and oxygen atoms in total. The van der Waals surface area contributed by atoms with Crippen LogP contribution in [0.25, 0.3) is 0 Å². The van der Waals surface area contributed by atoms with Gasteiger partial charge in [0.05, 0.1) is 18.7 Å². The van der Waals surface area contributed by atoms with Gasteiger partial charge in [0.1, 0.15) is 12.1 Å². The Labute approximate surface area is 160 Å². The number of morpholine rings is 1. The number of halogens is 3. The third-order valence-electron chi connectivity index (χ3n) is 4.55. The first-order chi connectivity index (χ1) is 13.4. The van der Waals surface area contributed by atoms with Crippen LogP contribution in [0.2, 0.25) is 0 Å². The molecule has 148 valence electrons. The number of amides is 2. The summed E-state index contributed by atoms with van der Waals surface area (Å²) in [7, 11) is 0. The number of rotatable bonds is 4. The Balaban J connectivity index is 1.65. The number of nitrogens with zero attached hydrogens (tertiary/aromatic N) is 1. The molecule has 28 heavy (non-hydrogen) atoms. The van der Waals surface area contributed by atoms with Gasteiger partial charge in [-0.25, -0.2) is 13.2 Å². The highest BCUT2D eigenvalue weighted by atomic mass is 19.2. The maximum Gasteiger partial charge on any atom is 0.255 e. The van der Waals surface area contributed by atoms with E-state index in [1.54, 1.807) is 4.90 Å². The lowest BCUT2D eigenvalue weighted by Crippen LogP contribution is -2.51. The second-order valence-corrected chi connectivity index (χ2v) is 6.47. The van der Waals surface area contributed by atoms with Crippen LogP contribution in [-0.2, 0) is 9.53 Å². The molecule has 1 aliphatic rings. The minimum absolute atomic E-state index is 0.287. The van der Waals surface area contributed by atoms with E-state index in [0.29, 0.717) is 25.8 Å². The van der Waals surface area contributed by atoms with E-state index in [-0.39, 0.29) is 12.0 Å². The zero-order chi connectivity index (χ0) is 20.3. The normalized spacial score (nSPS) is 17.9. The van der Waals surface area contributed by atoms with Crippen molar-refractivity contribution in [2.45, 2.75) is 19.1 Å². The predicted octanol–water partition coefficient (Wildman–Crippen LogP) is 2.82. The summed E-state index contributed by atoms with van der Waals surface area (Å²) in [6, 6.07) is 9.94. The fourth-order valence-electron chi connectivity index (χ4n) is 3.03. The molecule has 0 saturated carbocycles. The van der Waals surface area contributed by atoms with Gasteiger partial charge in [0.15, 0.2) is 17.5 Å². The van der Waals surface area contributed by atoms with E-state index >= 15 is 0 Å². The molecule has 2 atom stereocenters. The molecule has 1 saturated heterocycles. The summed E-state index contributed by atoms with van der Waals surface area (Å²) >= 11 is 0. The minimum Gasteiger partial charge on any atom is -0.370 e. The third-order valence-corrected chi connectivity index (χ3v) is 4.55. The summed E-state index contributed by atoms with van der Waals surface area (Å²) in [5.41, 5.74) is 0.267. The lowest BCUT2D eigenvalue weighted by atomic mass is 10.1. The third kappa shape index (κ3) is 4.17. The van der Waals surface area contributed by atoms with Gasteiger partial charge >= 0.3 is 0 Å². The molecule has 3 rings (SSSR count). The highest BCUT2D eigenvalue weighted by Gasteiger charge is 2.29. The van der Waals surface area contributed by atoms with Crippen LogP contribution >= 0.6 is 0 Å². The van der Waals surface area contributed by atoms with Crippen molar-refractivity contribution in [2.24, 2.45) is 0 Å². The van der Waals surface area contributed by atoms with Crippen molar-refractivity contribution < 1.29 is 27.5 Å². The maximum absolute atomic E-state index is 13.8. The molecule has 2 aromatic carbocycles. The summed E-state index contributed by atoms with van der Waals surface area (Å²) in [6.45, 7) is 2.44. The first-order valence-electron chi connectivity index (χ1n) is 8.78. The largest absolute Gasteiger partial charge is 0.370 e. The number of benzene rings is 2. The van der Waals surface area contributed by atoms with Gasteiger partial charge in [-0.2, -0.15) is 0 Å². The molecule has 2 amide bonds. The molecule has 1 unspecified atom stereocenters. The van der Waals surface area contributed by atoms with Crippen molar-refractivity contribution in [3.63, 3.8) is 0 Å². The lowest BCUT2D eigenvalue weighted by Gasteiger charge is -2.34. The van der Waals surface area contributed by atoms with E-state index in [1.165, 1.54) is 6.92 Å². The van der Waals surface area contributed by atoms with E-state index < -0.39 is 35.0 Å². The molecule has 1 N–H and O–H groups in total. The van der Waals surface area contributed by atoms with Crippen LogP contribution < -0.4 is 5.32 Å². The monoisotopic (exact) mass is 392 g/mol. The maximum atomic E-state index is 13.8. The number of hydrogen-bond donors (Lipinski definition) is 1. The Morgan fingerprint density at radius 1 is 1.11 bits per heavy atom. The van der Waals surface area contributed by atoms with Gasteiger partial charge in [-0.15, -0.1) is 0 Å². The zero-order valence-corrected chi connectivity index (χ0v) is 15.1. The number of nitrogens with one attached hydrogen (secondary N) is 1. The van der Waals surface area contributed by atoms with Crippen molar-refractivity contribution in [2.75, 3.05) is 19.7 Å². The predicted molar refractivity (Wildman–Crippen MR) is 95.0 cm³/mol. The van der Waals surface area contributed by atoms with E-state index in [2.05, 4.69) is 5.32 Å². The van der Waals surface area contributed by atoms with E-state index in [0.717, 1.165) is 11.6 Å². The van der Waals surface area contributed by atoms with Gasteiger partial charge in [0, 0.05) is 6.54 Å². The topological polar surface area (TPSA) is 58.6 Å². The molecule has 0 aliphatic carbocycles. The standard InChI is InChI=1S/C20H19F3N2O3/c1-12(24-19(26)14-7-8-15(21)18(23)17(14)22)20(27)25-9-10-28-16(11-25)13-5-3-2-4-6-13/h2-8,12,16H,9-11H2,1H3,(H,24,26)/t12-,16?/m1/s1. The number of carbonyl (C=O) groups is 2. The summed E-state index contributed by atoms with van der Waals surface area (Å²) in [4.78, 5) is 26.4. The Morgan fingerprint density at radius 2 is 1.82 bits per heavy atom. The lowest BCUT2D eigenvalue weighted by molar-refractivity contribution is -0.140. The van der Waals surface area contributed by atoms with Crippen LogP contribution in [0, 0.1) is 17.5 Å². The van der Waals surface area contributed by atoms with Crippen molar-refractivity contribution in [1.29, 1.82) is 0 Å². The fraction of sp³-hybridized carbons (Fsp3) is 0.300. The van der Waals surface area contributed by atoms with Gasteiger partial charge in [0.25, 0.3) is 5.91 Å². The second-order valence-electron chi connectivity index (χ2n) is 6.47. The molecule has 0 spiro atoms. The first kappa shape index (κ1) is 19.9. The molecule has 1 aliphatic heterocycles. The van der Waals surface area contributed by atoms with Crippen LogP contribution in [0.15, 0.2) is 42.5 Å². The van der Waals surface area contributed by atoms with Gasteiger partial charge in [-0.1, -0.05) is 30.3 Å². The first-order valence-corrected chi connectivity index (χ1v) is 8.78. The minimum atomic E-state index is -1.73. The average molecular weight is 392 g/mol. The molecule has 2 aromatic rings. The smallest absolute Gasteiger partial charge is 0.255 e. The Morgan fingerprint density at radius 3 is 2.54 bits per heavy atom. The zero-order valence-electron chi connectivity index (χ0n) is 15.1. The van der Waals surface area contributed by atoms with Crippen molar-refractivity contribution in [3.05, 3.63) is 71.0 Å². The van der Waals surface area contributed by atoms with E-state index in [1.807, 2.05) is 30.3 Å². The quantitative estimate of drug-likeness (QED) is 0.815. The number of carbonyl (C=O) groups excluding carboxylic acids is 2. The number of hydrogen-bond acceptors (Lipinski definition) is 3. The van der Waals surface area contributed by atoms with Gasteiger partial charge in [0.2, 0.25) is 5.91 Å². The van der Waals surface area contributed by atoms with Gasteiger partial charge in [-0.05, 0) is 24.6 Å².